The Balaban J connectivity index is 1.67. The summed E-state index contributed by atoms with van der Waals surface area (Å²) in [5.41, 5.74) is 7.11. The Morgan fingerprint density at radius 1 is 0.914 bits per heavy atom. The molecule has 0 bridgehead atoms. The molecule has 35 heavy (non-hydrogen) atoms. The number of benzene rings is 2. The van der Waals surface area contributed by atoms with E-state index in [-0.39, 0.29) is 21.8 Å². The smallest absolute Gasteiger partial charge is 0.410 e. The van der Waals surface area contributed by atoms with Crippen molar-refractivity contribution in [2.75, 3.05) is 36.8 Å². The Labute approximate surface area is 205 Å². The van der Waals surface area contributed by atoms with Gasteiger partial charge in [0.2, 0.25) is 15.8 Å². The lowest BCUT2D eigenvalue weighted by Gasteiger charge is -2.37. The van der Waals surface area contributed by atoms with Crippen molar-refractivity contribution in [3.63, 3.8) is 0 Å². The van der Waals surface area contributed by atoms with Gasteiger partial charge in [0.05, 0.1) is 9.79 Å². The first-order valence-corrected chi connectivity index (χ1v) is 12.8. The monoisotopic (exact) mass is 495 g/mol. The number of sulfone groups is 1. The molecular formula is C25H29N5O4S. The molecule has 3 aromatic rings. The van der Waals surface area contributed by atoms with Gasteiger partial charge in [-0.25, -0.2) is 23.2 Å². The molecule has 2 aromatic carbocycles. The summed E-state index contributed by atoms with van der Waals surface area (Å²) >= 11 is 0. The zero-order chi connectivity index (χ0) is 25.2. The second kappa shape index (κ2) is 9.53. The Morgan fingerprint density at radius 3 is 2.14 bits per heavy atom. The van der Waals surface area contributed by atoms with Crippen LogP contribution in [0.15, 0.2) is 70.7 Å². The molecule has 2 heterocycles. The first-order chi connectivity index (χ1) is 16.5. The summed E-state index contributed by atoms with van der Waals surface area (Å²) in [5, 5.41) is 0. The minimum atomic E-state index is -3.76. The van der Waals surface area contributed by atoms with Crippen molar-refractivity contribution in [2.45, 2.75) is 36.2 Å². The molecule has 0 saturated carbocycles. The highest BCUT2D eigenvalue weighted by Gasteiger charge is 2.27. The van der Waals surface area contributed by atoms with Crippen molar-refractivity contribution >= 4 is 27.6 Å². The number of nitrogens with zero attached hydrogens (tertiary/aromatic N) is 4. The molecule has 1 saturated heterocycles. The zero-order valence-electron chi connectivity index (χ0n) is 20.0. The Hall–Kier alpha value is -3.66. The summed E-state index contributed by atoms with van der Waals surface area (Å²) in [5.74, 6) is 0.139. The Morgan fingerprint density at radius 2 is 1.54 bits per heavy atom. The molecule has 184 valence electrons. The number of hydrogen-bond acceptors (Lipinski definition) is 8. The molecule has 9 nitrogen and oxygen atoms in total. The summed E-state index contributed by atoms with van der Waals surface area (Å²) in [7, 11) is -3.76. The van der Waals surface area contributed by atoms with Gasteiger partial charge in [-0.3, -0.25) is 0 Å². The molecule has 2 N–H and O–H groups in total. The van der Waals surface area contributed by atoms with Crippen LogP contribution in [-0.4, -0.2) is 61.2 Å². The fourth-order valence-corrected chi connectivity index (χ4v) is 5.13. The average Bonchev–Trinajstić information content (AvgIpc) is 2.84. The summed E-state index contributed by atoms with van der Waals surface area (Å²) in [4.78, 5) is 24.7. The maximum absolute atomic E-state index is 13.4. The predicted octanol–water partition coefficient (Wildman–Crippen LogP) is 3.62. The van der Waals surface area contributed by atoms with Crippen molar-refractivity contribution in [1.82, 2.24) is 14.9 Å². The van der Waals surface area contributed by atoms with Crippen LogP contribution >= 0.6 is 0 Å². The summed E-state index contributed by atoms with van der Waals surface area (Å²) < 4.78 is 32.4. The van der Waals surface area contributed by atoms with Crippen molar-refractivity contribution in [3.05, 3.63) is 60.9 Å². The maximum Gasteiger partial charge on any atom is 0.410 e. The van der Waals surface area contributed by atoms with Gasteiger partial charge in [0.15, 0.2) is 0 Å². The summed E-state index contributed by atoms with van der Waals surface area (Å²) in [6.45, 7) is 7.50. The number of amides is 1. The summed E-state index contributed by atoms with van der Waals surface area (Å²) in [6.07, 6.45) is 2.79. The first kappa shape index (κ1) is 24.5. The highest BCUT2D eigenvalue weighted by Crippen LogP contribution is 2.32. The zero-order valence-corrected chi connectivity index (χ0v) is 20.8. The van der Waals surface area contributed by atoms with Gasteiger partial charge < -0.3 is 20.3 Å². The normalized spacial score (nSPS) is 14.6. The minimum absolute atomic E-state index is 0.139. The molecule has 1 aliphatic heterocycles. The van der Waals surface area contributed by atoms with Crippen LogP contribution in [0.4, 0.5) is 16.4 Å². The van der Waals surface area contributed by atoms with Crippen LogP contribution in [0.2, 0.25) is 0 Å². The van der Waals surface area contributed by atoms with Gasteiger partial charge >= 0.3 is 6.09 Å². The molecule has 10 heteroatoms. The van der Waals surface area contributed by atoms with Crippen LogP contribution in [0.3, 0.4) is 0 Å². The lowest BCUT2D eigenvalue weighted by atomic mass is 10.1. The molecule has 1 aliphatic rings. The van der Waals surface area contributed by atoms with Gasteiger partial charge in [-0.1, -0.05) is 18.2 Å². The molecule has 0 radical (unpaired) electrons. The fourth-order valence-electron chi connectivity index (χ4n) is 3.78. The number of nitrogen functional groups attached to an aromatic ring is 1. The predicted molar refractivity (Wildman–Crippen MR) is 134 cm³/mol. The third-order valence-corrected chi connectivity index (χ3v) is 7.31. The third kappa shape index (κ3) is 5.71. The Kier molecular flexibility index (Phi) is 6.66. The standard InChI is InChI=1S/C25H29N5O4S/c1-25(2,3)34-24(31)30-11-9-29(10-12-30)20-13-18(19-16-27-23(26)28-17-19)14-22(15-20)35(32,33)21-7-5-4-6-8-21/h4-8,13-17H,9-12H2,1-3H3,(H2,26,27,28). The minimum Gasteiger partial charge on any atom is -0.444 e. The lowest BCUT2D eigenvalue weighted by molar-refractivity contribution is 0.0240. The van der Waals surface area contributed by atoms with Gasteiger partial charge in [-0.2, -0.15) is 0 Å². The van der Waals surface area contributed by atoms with Gasteiger partial charge in [0.25, 0.3) is 0 Å². The van der Waals surface area contributed by atoms with E-state index in [2.05, 4.69) is 14.9 Å². The highest BCUT2D eigenvalue weighted by atomic mass is 32.2. The third-order valence-electron chi connectivity index (χ3n) is 5.56. The highest BCUT2D eigenvalue weighted by molar-refractivity contribution is 7.91. The fraction of sp³-hybridized carbons (Fsp3) is 0.320. The quantitative estimate of drug-likeness (QED) is 0.583. The Bertz CT molecular complexity index is 1300. The van der Waals surface area contributed by atoms with E-state index in [9.17, 15) is 13.2 Å². The van der Waals surface area contributed by atoms with Crippen LogP contribution < -0.4 is 10.6 Å². The largest absolute Gasteiger partial charge is 0.444 e. The number of piperazine rings is 1. The van der Waals surface area contributed by atoms with E-state index in [1.807, 2.05) is 26.8 Å². The molecular weight excluding hydrogens is 466 g/mol. The lowest BCUT2D eigenvalue weighted by Crippen LogP contribution is -2.50. The second-order valence-corrected chi connectivity index (χ2v) is 11.3. The van der Waals surface area contributed by atoms with E-state index < -0.39 is 15.4 Å². The van der Waals surface area contributed by atoms with Crippen molar-refractivity contribution in [2.24, 2.45) is 0 Å². The molecule has 1 fully saturated rings. The number of aromatic nitrogens is 2. The molecule has 0 atom stereocenters. The number of ether oxygens (including phenoxy) is 1. The van der Waals surface area contributed by atoms with Crippen molar-refractivity contribution in [3.8, 4) is 11.1 Å². The molecule has 0 spiro atoms. The summed E-state index contributed by atoms with van der Waals surface area (Å²) in [6, 6.07) is 13.5. The van der Waals surface area contributed by atoms with E-state index in [4.69, 9.17) is 10.5 Å². The van der Waals surface area contributed by atoms with Crippen LogP contribution in [0.5, 0.6) is 0 Å². The van der Waals surface area contributed by atoms with E-state index in [0.29, 0.717) is 37.3 Å². The van der Waals surface area contributed by atoms with Gasteiger partial charge in [-0.15, -0.1) is 0 Å². The molecule has 1 amide bonds. The van der Waals surface area contributed by atoms with E-state index in [1.54, 1.807) is 59.8 Å². The topological polar surface area (TPSA) is 119 Å². The molecule has 0 unspecified atom stereocenters. The number of nitrogens with two attached hydrogens (primary N) is 1. The van der Waals surface area contributed by atoms with Gasteiger partial charge in [0.1, 0.15) is 5.60 Å². The van der Waals surface area contributed by atoms with Crippen LogP contribution in [0, 0.1) is 0 Å². The van der Waals surface area contributed by atoms with Gasteiger partial charge in [-0.05, 0) is 56.7 Å². The van der Waals surface area contributed by atoms with Crippen LogP contribution in [-0.2, 0) is 14.6 Å². The van der Waals surface area contributed by atoms with Crippen molar-refractivity contribution < 1.29 is 17.9 Å². The SMILES string of the molecule is CC(C)(C)OC(=O)N1CCN(c2cc(-c3cnc(N)nc3)cc(S(=O)(=O)c3ccccc3)c2)CC1. The van der Waals surface area contributed by atoms with E-state index in [1.165, 1.54) is 0 Å². The van der Waals surface area contributed by atoms with Crippen LogP contribution in [0.25, 0.3) is 11.1 Å². The van der Waals surface area contributed by atoms with Gasteiger partial charge in [0, 0.05) is 49.8 Å². The molecule has 1 aromatic heterocycles. The van der Waals surface area contributed by atoms with E-state index >= 15 is 0 Å². The number of carbonyl (C=O) groups excluding carboxylic acids is 1. The van der Waals surface area contributed by atoms with Crippen molar-refractivity contribution in [1.29, 1.82) is 0 Å². The first-order valence-electron chi connectivity index (χ1n) is 11.3. The maximum atomic E-state index is 13.4. The number of rotatable bonds is 4. The van der Waals surface area contributed by atoms with Crippen LogP contribution in [0.1, 0.15) is 20.8 Å². The second-order valence-electron chi connectivity index (χ2n) is 9.32. The molecule has 4 rings (SSSR count). The molecule has 0 aliphatic carbocycles. The number of carbonyl (C=O) groups is 1. The number of anilines is 2. The number of hydrogen-bond donors (Lipinski definition) is 1. The van der Waals surface area contributed by atoms with E-state index in [0.717, 1.165) is 5.69 Å². The average molecular weight is 496 g/mol.